The summed E-state index contributed by atoms with van der Waals surface area (Å²) in [5.74, 6) is 0.891. The molecule has 0 heterocycles. The van der Waals surface area contributed by atoms with E-state index in [-0.39, 0.29) is 18.2 Å². The minimum absolute atomic E-state index is 0.184. The Hall–Kier alpha value is -1.22. The molecule has 0 amide bonds. The first kappa shape index (κ1) is 13.2. The molecule has 1 aromatic rings. The van der Waals surface area contributed by atoms with E-state index in [1.165, 1.54) is 0 Å². The smallest absolute Gasteiger partial charge is 0.121 e. The van der Waals surface area contributed by atoms with E-state index in [4.69, 9.17) is 4.74 Å². The van der Waals surface area contributed by atoms with Crippen LogP contribution >= 0.6 is 0 Å². The lowest BCUT2D eigenvalue weighted by Gasteiger charge is -2.19. The second kappa shape index (κ2) is 6.10. The highest BCUT2D eigenvalue weighted by Gasteiger charge is 2.24. The molecule has 0 spiro atoms. The number of ether oxygens (including phenoxy) is 1. The van der Waals surface area contributed by atoms with Crippen molar-refractivity contribution in [2.45, 2.75) is 57.8 Å². The van der Waals surface area contributed by atoms with Crippen LogP contribution in [-0.4, -0.2) is 23.4 Å². The topological polar surface area (TPSA) is 41.5 Å². The zero-order valence-corrected chi connectivity index (χ0v) is 11.2. The second-order valence-electron chi connectivity index (χ2n) is 5.11. The summed E-state index contributed by atoms with van der Waals surface area (Å²) in [6, 6.07) is 8.18. The van der Waals surface area contributed by atoms with Gasteiger partial charge in [0, 0.05) is 11.8 Å². The van der Waals surface area contributed by atoms with Gasteiger partial charge in [-0.25, -0.2) is 0 Å². The summed E-state index contributed by atoms with van der Waals surface area (Å²) >= 11 is 0. The molecule has 1 saturated carbocycles. The number of benzene rings is 1. The quantitative estimate of drug-likeness (QED) is 0.842. The fourth-order valence-electron chi connectivity index (χ4n) is 2.30. The van der Waals surface area contributed by atoms with Gasteiger partial charge in [0.25, 0.3) is 0 Å². The third kappa shape index (κ3) is 3.39. The molecule has 100 valence electrons. The molecular formula is C15H23NO2. The fraction of sp³-hybridized carbons (Fsp3) is 0.600. The van der Waals surface area contributed by atoms with Crippen LogP contribution in [0.3, 0.4) is 0 Å². The van der Waals surface area contributed by atoms with E-state index in [1.54, 1.807) is 0 Å². The van der Waals surface area contributed by atoms with Crippen molar-refractivity contribution in [3.8, 4) is 5.75 Å². The van der Waals surface area contributed by atoms with E-state index in [2.05, 4.69) is 19.2 Å². The first-order chi connectivity index (χ1) is 8.69. The molecule has 1 aliphatic rings. The predicted molar refractivity (Wildman–Crippen MR) is 74.1 cm³/mol. The lowest BCUT2D eigenvalue weighted by Crippen LogP contribution is -2.27. The highest BCUT2D eigenvalue weighted by Crippen LogP contribution is 2.25. The molecule has 0 aliphatic heterocycles. The van der Waals surface area contributed by atoms with Gasteiger partial charge in [-0.15, -0.1) is 0 Å². The summed E-state index contributed by atoms with van der Waals surface area (Å²) in [6.45, 7) is 4.18. The molecule has 1 fully saturated rings. The summed E-state index contributed by atoms with van der Waals surface area (Å²) in [7, 11) is 0. The maximum atomic E-state index is 9.81. The van der Waals surface area contributed by atoms with E-state index >= 15 is 0 Å². The average molecular weight is 249 g/mol. The molecule has 3 nitrogen and oxygen atoms in total. The molecule has 1 unspecified atom stereocenters. The molecule has 0 bridgehead atoms. The highest BCUT2D eigenvalue weighted by atomic mass is 16.5. The van der Waals surface area contributed by atoms with Crippen LogP contribution in [0.2, 0.25) is 0 Å². The Morgan fingerprint density at radius 2 is 2.28 bits per heavy atom. The lowest BCUT2D eigenvalue weighted by molar-refractivity contribution is 0.172. The maximum absolute atomic E-state index is 9.81. The molecule has 2 N–H and O–H groups in total. The fourth-order valence-corrected chi connectivity index (χ4v) is 2.30. The SMILES string of the molecule is CCC(C)Oc1cccc(N[C@H]2CCC[C@@H]2O)c1. The van der Waals surface area contributed by atoms with Crippen molar-refractivity contribution in [1.82, 2.24) is 0 Å². The van der Waals surface area contributed by atoms with Crippen LogP contribution in [0.1, 0.15) is 39.5 Å². The molecule has 18 heavy (non-hydrogen) atoms. The molecule has 1 aliphatic carbocycles. The molecule has 2 rings (SSSR count). The Bertz CT molecular complexity index is 381. The number of rotatable bonds is 5. The Balaban J connectivity index is 1.98. The van der Waals surface area contributed by atoms with Gasteiger partial charge in [0.15, 0.2) is 0 Å². The summed E-state index contributed by atoms with van der Waals surface area (Å²) in [4.78, 5) is 0. The van der Waals surface area contributed by atoms with E-state index in [9.17, 15) is 5.11 Å². The average Bonchev–Trinajstić information content (AvgIpc) is 2.75. The minimum atomic E-state index is -0.218. The summed E-state index contributed by atoms with van der Waals surface area (Å²) < 4.78 is 5.79. The standard InChI is InChI=1S/C15H23NO2/c1-3-11(2)18-13-7-4-6-12(10-13)16-14-8-5-9-15(14)17/h4,6-7,10-11,14-17H,3,5,8-9H2,1-2H3/t11?,14-,15-/m0/s1. The van der Waals surface area contributed by atoms with Gasteiger partial charge in [-0.2, -0.15) is 0 Å². The first-order valence-corrected chi connectivity index (χ1v) is 6.90. The van der Waals surface area contributed by atoms with Gasteiger partial charge in [0.05, 0.1) is 18.2 Å². The van der Waals surface area contributed by atoms with Gasteiger partial charge in [-0.1, -0.05) is 13.0 Å². The predicted octanol–water partition coefficient (Wildman–Crippen LogP) is 3.19. The third-order valence-electron chi connectivity index (χ3n) is 3.58. The van der Waals surface area contributed by atoms with Gasteiger partial charge in [-0.05, 0) is 44.7 Å². The molecule has 0 radical (unpaired) electrons. The van der Waals surface area contributed by atoms with Crippen molar-refractivity contribution in [2.75, 3.05) is 5.32 Å². The molecule has 3 heteroatoms. The van der Waals surface area contributed by atoms with Crippen LogP contribution in [0.4, 0.5) is 5.69 Å². The molecule has 0 saturated heterocycles. The van der Waals surface area contributed by atoms with Crippen molar-refractivity contribution in [3.05, 3.63) is 24.3 Å². The van der Waals surface area contributed by atoms with Gasteiger partial charge < -0.3 is 15.2 Å². The van der Waals surface area contributed by atoms with Crippen molar-refractivity contribution < 1.29 is 9.84 Å². The number of hydrogen-bond acceptors (Lipinski definition) is 3. The van der Waals surface area contributed by atoms with Gasteiger partial charge in [0.2, 0.25) is 0 Å². The largest absolute Gasteiger partial charge is 0.491 e. The van der Waals surface area contributed by atoms with E-state index < -0.39 is 0 Å². The van der Waals surface area contributed by atoms with Crippen molar-refractivity contribution in [1.29, 1.82) is 0 Å². The van der Waals surface area contributed by atoms with E-state index in [0.29, 0.717) is 0 Å². The highest BCUT2D eigenvalue weighted by molar-refractivity contribution is 5.49. The lowest BCUT2D eigenvalue weighted by atomic mass is 10.2. The van der Waals surface area contributed by atoms with Crippen LogP contribution in [0.5, 0.6) is 5.75 Å². The van der Waals surface area contributed by atoms with Crippen molar-refractivity contribution in [2.24, 2.45) is 0 Å². The minimum Gasteiger partial charge on any atom is -0.491 e. The monoisotopic (exact) mass is 249 g/mol. The van der Waals surface area contributed by atoms with Crippen LogP contribution in [0, 0.1) is 0 Å². The number of aliphatic hydroxyl groups excluding tert-OH is 1. The van der Waals surface area contributed by atoms with Gasteiger partial charge in [-0.3, -0.25) is 0 Å². The van der Waals surface area contributed by atoms with Crippen LogP contribution < -0.4 is 10.1 Å². The Kier molecular flexibility index (Phi) is 4.48. The van der Waals surface area contributed by atoms with Gasteiger partial charge in [0.1, 0.15) is 5.75 Å². The van der Waals surface area contributed by atoms with Crippen LogP contribution in [-0.2, 0) is 0 Å². The number of aliphatic hydroxyl groups is 1. The zero-order valence-electron chi connectivity index (χ0n) is 11.2. The van der Waals surface area contributed by atoms with Crippen LogP contribution in [0.15, 0.2) is 24.3 Å². The summed E-state index contributed by atoms with van der Waals surface area (Å²) in [5.41, 5.74) is 1.03. The number of nitrogens with one attached hydrogen (secondary N) is 1. The van der Waals surface area contributed by atoms with Gasteiger partial charge >= 0.3 is 0 Å². The second-order valence-corrected chi connectivity index (χ2v) is 5.11. The van der Waals surface area contributed by atoms with Crippen LogP contribution in [0.25, 0.3) is 0 Å². The molecular weight excluding hydrogens is 226 g/mol. The number of anilines is 1. The van der Waals surface area contributed by atoms with E-state index in [0.717, 1.165) is 37.1 Å². The normalized spacial score (nSPS) is 24.8. The van der Waals surface area contributed by atoms with E-state index in [1.807, 2.05) is 24.3 Å². The molecule has 0 aromatic heterocycles. The van der Waals surface area contributed by atoms with Crippen molar-refractivity contribution in [3.63, 3.8) is 0 Å². The third-order valence-corrected chi connectivity index (χ3v) is 3.58. The Morgan fingerprint density at radius 3 is 2.94 bits per heavy atom. The molecule has 3 atom stereocenters. The molecule has 1 aromatic carbocycles. The maximum Gasteiger partial charge on any atom is 0.121 e. The summed E-state index contributed by atoms with van der Waals surface area (Å²) in [6.07, 6.45) is 4.06. The zero-order chi connectivity index (χ0) is 13.0. The number of hydrogen-bond donors (Lipinski definition) is 2. The summed E-state index contributed by atoms with van der Waals surface area (Å²) in [5, 5.41) is 13.2. The first-order valence-electron chi connectivity index (χ1n) is 6.90. The van der Waals surface area contributed by atoms with Crippen molar-refractivity contribution >= 4 is 5.69 Å². The Labute approximate surface area is 109 Å². The Morgan fingerprint density at radius 1 is 1.44 bits per heavy atom.